The van der Waals surface area contributed by atoms with E-state index in [0.29, 0.717) is 13.2 Å². The van der Waals surface area contributed by atoms with Gasteiger partial charge in [-0.25, -0.2) is 4.98 Å². The number of benzene rings is 1. The molecule has 0 saturated heterocycles. The first-order valence-corrected chi connectivity index (χ1v) is 7.50. The zero-order valence-corrected chi connectivity index (χ0v) is 12.1. The van der Waals surface area contributed by atoms with Crippen LogP contribution in [0.15, 0.2) is 30.3 Å². The normalized spacial score (nSPS) is 10.6. The molecule has 0 fully saturated rings. The van der Waals surface area contributed by atoms with Gasteiger partial charge in [-0.2, -0.15) is 0 Å². The van der Waals surface area contributed by atoms with E-state index in [-0.39, 0.29) is 0 Å². The van der Waals surface area contributed by atoms with Crippen LogP contribution in [0.3, 0.4) is 0 Å². The van der Waals surface area contributed by atoms with E-state index in [2.05, 4.69) is 11.9 Å². The standard InChI is InChI=1S/C15H20N2OS/c1-2-6-13-14(11-16)19-15(17-13)9-10-18-12-7-4-3-5-8-12/h3-5,7-8H,2,6,9-11,16H2,1H3. The second-order valence-electron chi connectivity index (χ2n) is 4.34. The van der Waals surface area contributed by atoms with E-state index in [4.69, 9.17) is 10.5 Å². The minimum atomic E-state index is 0.590. The average molecular weight is 276 g/mol. The summed E-state index contributed by atoms with van der Waals surface area (Å²) < 4.78 is 5.69. The molecule has 0 saturated carbocycles. The Morgan fingerprint density at radius 2 is 2.00 bits per heavy atom. The summed E-state index contributed by atoms with van der Waals surface area (Å²) in [6.45, 7) is 3.41. The van der Waals surface area contributed by atoms with Crippen molar-refractivity contribution in [3.63, 3.8) is 0 Å². The zero-order chi connectivity index (χ0) is 13.5. The van der Waals surface area contributed by atoms with E-state index < -0.39 is 0 Å². The topological polar surface area (TPSA) is 48.1 Å². The highest BCUT2D eigenvalue weighted by molar-refractivity contribution is 7.11. The number of aryl methyl sites for hydroxylation is 1. The van der Waals surface area contributed by atoms with E-state index in [1.807, 2.05) is 30.3 Å². The fraction of sp³-hybridized carbons (Fsp3) is 0.400. The highest BCUT2D eigenvalue weighted by Crippen LogP contribution is 2.20. The quantitative estimate of drug-likeness (QED) is 0.845. The Balaban J connectivity index is 1.89. The van der Waals surface area contributed by atoms with Gasteiger partial charge in [0.25, 0.3) is 0 Å². The number of ether oxygens (including phenoxy) is 1. The van der Waals surface area contributed by atoms with Crippen LogP contribution in [-0.4, -0.2) is 11.6 Å². The van der Waals surface area contributed by atoms with Gasteiger partial charge in [0.05, 0.1) is 17.3 Å². The van der Waals surface area contributed by atoms with Gasteiger partial charge < -0.3 is 10.5 Å². The van der Waals surface area contributed by atoms with Crippen LogP contribution in [0.1, 0.15) is 28.9 Å². The SMILES string of the molecule is CCCc1nc(CCOc2ccccc2)sc1CN. The molecule has 1 heterocycles. The molecule has 0 aliphatic carbocycles. The summed E-state index contributed by atoms with van der Waals surface area (Å²) in [4.78, 5) is 5.88. The number of rotatable bonds is 7. The maximum atomic E-state index is 5.75. The number of hydrogen-bond acceptors (Lipinski definition) is 4. The lowest BCUT2D eigenvalue weighted by Crippen LogP contribution is -2.01. The third-order valence-corrected chi connectivity index (χ3v) is 4.00. The first-order valence-electron chi connectivity index (χ1n) is 6.68. The molecule has 19 heavy (non-hydrogen) atoms. The Morgan fingerprint density at radius 3 is 2.68 bits per heavy atom. The highest BCUT2D eigenvalue weighted by Gasteiger charge is 2.09. The molecule has 0 atom stereocenters. The van der Waals surface area contributed by atoms with Gasteiger partial charge in [0.1, 0.15) is 5.75 Å². The molecule has 1 aromatic heterocycles. The van der Waals surface area contributed by atoms with Crippen molar-refractivity contribution in [2.45, 2.75) is 32.7 Å². The minimum Gasteiger partial charge on any atom is -0.493 e. The van der Waals surface area contributed by atoms with Gasteiger partial charge in [0.2, 0.25) is 0 Å². The summed E-state index contributed by atoms with van der Waals surface area (Å²) >= 11 is 1.72. The smallest absolute Gasteiger partial charge is 0.119 e. The maximum Gasteiger partial charge on any atom is 0.119 e. The molecule has 0 bridgehead atoms. The molecule has 0 aliphatic heterocycles. The van der Waals surface area contributed by atoms with E-state index in [9.17, 15) is 0 Å². The lowest BCUT2D eigenvalue weighted by molar-refractivity contribution is 0.321. The zero-order valence-electron chi connectivity index (χ0n) is 11.3. The minimum absolute atomic E-state index is 0.590. The third-order valence-electron chi connectivity index (χ3n) is 2.82. The van der Waals surface area contributed by atoms with Crippen LogP contribution < -0.4 is 10.5 Å². The molecular weight excluding hydrogens is 256 g/mol. The van der Waals surface area contributed by atoms with Gasteiger partial charge in [-0.3, -0.25) is 0 Å². The van der Waals surface area contributed by atoms with Gasteiger partial charge in [-0.1, -0.05) is 31.5 Å². The molecule has 3 nitrogen and oxygen atoms in total. The summed E-state index contributed by atoms with van der Waals surface area (Å²) in [5.74, 6) is 0.909. The van der Waals surface area contributed by atoms with Gasteiger partial charge in [0, 0.05) is 17.8 Å². The molecule has 0 unspecified atom stereocenters. The molecule has 0 spiro atoms. The molecule has 4 heteroatoms. The number of aromatic nitrogens is 1. The fourth-order valence-corrected chi connectivity index (χ4v) is 2.88. The van der Waals surface area contributed by atoms with Gasteiger partial charge in [0.15, 0.2) is 0 Å². The predicted octanol–water partition coefficient (Wildman–Crippen LogP) is 3.18. The molecule has 1 aromatic carbocycles. The van der Waals surface area contributed by atoms with Crippen LogP contribution in [0.2, 0.25) is 0 Å². The first kappa shape index (κ1) is 14.0. The van der Waals surface area contributed by atoms with Crippen molar-refractivity contribution in [3.05, 3.63) is 45.9 Å². The molecule has 0 amide bonds. The van der Waals surface area contributed by atoms with Crippen molar-refractivity contribution < 1.29 is 4.74 Å². The van der Waals surface area contributed by atoms with E-state index >= 15 is 0 Å². The molecule has 2 aromatic rings. The summed E-state index contributed by atoms with van der Waals surface area (Å²) in [5.41, 5.74) is 6.92. The van der Waals surface area contributed by atoms with Crippen LogP contribution in [-0.2, 0) is 19.4 Å². The molecular formula is C15H20N2OS. The number of nitrogens with zero attached hydrogens (tertiary/aromatic N) is 1. The maximum absolute atomic E-state index is 5.75. The molecule has 0 aliphatic rings. The van der Waals surface area contributed by atoms with E-state index in [1.165, 1.54) is 10.6 Å². The van der Waals surface area contributed by atoms with Gasteiger partial charge >= 0.3 is 0 Å². The number of hydrogen-bond donors (Lipinski definition) is 1. The molecule has 2 rings (SSSR count). The van der Waals surface area contributed by atoms with Crippen LogP contribution in [0.5, 0.6) is 5.75 Å². The van der Waals surface area contributed by atoms with Crippen LogP contribution >= 0.6 is 11.3 Å². The van der Waals surface area contributed by atoms with Crippen molar-refractivity contribution in [3.8, 4) is 5.75 Å². The molecule has 2 N–H and O–H groups in total. The molecule has 102 valence electrons. The van der Waals surface area contributed by atoms with Crippen LogP contribution in [0, 0.1) is 0 Å². The molecule has 0 radical (unpaired) electrons. The fourth-order valence-electron chi connectivity index (χ4n) is 1.91. The van der Waals surface area contributed by atoms with Crippen molar-refractivity contribution in [2.24, 2.45) is 5.73 Å². The Kier molecular flexibility index (Phi) is 5.36. The second kappa shape index (κ2) is 7.26. The number of nitrogens with two attached hydrogens (primary N) is 1. The summed E-state index contributed by atoms with van der Waals surface area (Å²) in [7, 11) is 0. The van der Waals surface area contributed by atoms with Crippen LogP contribution in [0.25, 0.3) is 0 Å². The second-order valence-corrected chi connectivity index (χ2v) is 5.51. The predicted molar refractivity (Wildman–Crippen MR) is 79.6 cm³/mol. The number of para-hydroxylation sites is 1. The van der Waals surface area contributed by atoms with Crippen molar-refractivity contribution in [2.75, 3.05) is 6.61 Å². The van der Waals surface area contributed by atoms with E-state index in [1.54, 1.807) is 11.3 Å². The number of thiazole rings is 1. The largest absolute Gasteiger partial charge is 0.493 e. The summed E-state index contributed by atoms with van der Waals surface area (Å²) in [6, 6.07) is 9.87. The van der Waals surface area contributed by atoms with Crippen molar-refractivity contribution in [1.29, 1.82) is 0 Å². The van der Waals surface area contributed by atoms with E-state index in [0.717, 1.165) is 30.0 Å². The lowest BCUT2D eigenvalue weighted by atomic mass is 10.2. The van der Waals surface area contributed by atoms with Gasteiger partial charge in [-0.15, -0.1) is 11.3 Å². The van der Waals surface area contributed by atoms with Crippen molar-refractivity contribution >= 4 is 11.3 Å². The van der Waals surface area contributed by atoms with Crippen molar-refractivity contribution in [1.82, 2.24) is 4.98 Å². The summed E-state index contributed by atoms with van der Waals surface area (Å²) in [5, 5.41) is 1.12. The van der Waals surface area contributed by atoms with Gasteiger partial charge in [-0.05, 0) is 18.6 Å². The highest BCUT2D eigenvalue weighted by atomic mass is 32.1. The summed E-state index contributed by atoms with van der Waals surface area (Å²) in [6.07, 6.45) is 2.97. The van der Waals surface area contributed by atoms with Crippen LogP contribution in [0.4, 0.5) is 0 Å². The first-order chi connectivity index (χ1) is 9.33. The Hall–Kier alpha value is -1.39. The monoisotopic (exact) mass is 276 g/mol. The average Bonchev–Trinajstić information content (AvgIpc) is 2.83. The Morgan fingerprint density at radius 1 is 1.21 bits per heavy atom. The lowest BCUT2D eigenvalue weighted by Gasteiger charge is -2.03. The Bertz CT molecular complexity index is 496. The third kappa shape index (κ3) is 4.04. The Labute approximate surface area is 118 Å².